The van der Waals surface area contributed by atoms with E-state index in [2.05, 4.69) is 5.32 Å². The van der Waals surface area contributed by atoms with Crippen molar-refractivity contribution in [2.45, 2.75) is 13.5 Å². The fourth-order valence-electron chi connectivity index (χ4n) is 2.84. The summed E-state index contributed by atoms with van der Waals surface area (Å²) < 4.78 is 16.6. The molecule has 0 heterocycles. The molecule has 3 rings (SSSR count). The smallest absolute Gasteiger partial charge is 0.255 e. The number of para-hydroxylation sites is 2. The topological polar surface area (TPSA) is 56.8 Å². The standard InChI is InChI=1S/C23H22ClNO4/c1-15-12-18(9-10-19(15)24)29-14-17-13-16(8-11-21(17)27-2)23(26)25-20-6-4-5-7-22(20)28-3/h4-13H,14H2,1-3H3,(H,25,26). The third kappa shape index (κ3) is 5.00. The summed E-state index contributed by atoms with van der Waals surface area (Å²) in [5.74, 6) is 1.68. The first-order valence-electron chi connectivity index (χ1n) is 9.02. The van der Waals surface area contributed by atoms with E-state index in [9.17, 15) is 4.79 Å². The molecule has 3 aromatic carbocycles. The van der Waals surface area contributed by atoms with Gasteiger partial charge in [0.25, 0.3) is 5.91 Å². The van der Waals surface area contributed by atoms with E-state index in [1.807, 2.05) is 25.1 Å². The van der Waals surface area contributed by atoms with Gasteiger partial charge in [-0.1, -0.05) is 23.7 Å². The lowest BCUT2D eigenvalue weighted by Crippen LogP contribution is -2.13. The van der Waals surface area contributed by atoms with Crippen molar-refractivity contribution < 1.29 is 19.0 Å². The van der Waals surface area contributed by atoms with Crippen molar-refractivity contribution in [3.05, 3.63) is 82.4 Å². The average molecular weight is 412 g/mol. The van der Waals surface area contributed by atoms with Crippen LogP contribution in [0.5, 0.6) is 17.2 Å². The van der Waals surface area contributed by atoms with Gasteiger partial charge in [-0.2, -0.15) is 0 Å². The van der Waals surface area contributed by atoms with Crippen molar-refractivity contribution in [1.29, 1.82) is 0 Å². The third-order valence-corrected chi connectivity index (χ3v) is 4.85. The largest absolute Gasteiger partial charge is 0.496 e. The second-order valence-electron chi connectivity index (χ2n) is 6.38. The van der Waals surface area contributed by atoms with E-state index in [-0.39, 0.29) is 12.5 Å². The zero-order chi connectivity index (χ0) is 20.8. The second-order valence-corrected chi connectivity index (χ2v) is 6.79. The minimum Gasteiger partial charge on any atom is -0.496 e. The molecule has 5 nitrogen and oxygen atoms in total. The number of carbonyl (C=O) groups is 1. The van der Waals surface area contributed by atoms with Gasteiger partial charge in [-0.05, 0) is 61.0 Å². The van der Waals surface area contributed by atoms with Gasteiger partial charge in [0.05, 0.1) is 19.9 Å². The number of hydrogen-bond donors (Lipinski definition) is 1. The number of halogens is 1. The van der Waals surface area contributed by atoms with E-state index in [4.69, 9.17) is 25.8 Å². The maximum absolute atomic E-state index is 12.7. The van der Waals surface area contributed by atoms with E-state index < -0.39 is 0 Å². The number of aryl methyl sites for hydroxylation is 1. The van der Waals surface area contributed by atoms with E-state index in [0.29, 0.717) is 33.5 Å². The van der Waals surface area contributed by atoms with Gasteiger partial charge in [0.2, 0.25) is 0 Å². The molecule has 6 heteroatoms. The summed E-state index contributed by atoms with van der Waals surface area (Å²) in [5, 5.41) is 3.55. The van der Waals surface area contributed by atoms with E-state index in [1.165, 1.54) is 0 Å². The lowest BCUT2D eigenvalue weighted by Gasteiger charge is -2.14. The fraction of sp³-hybridized carbons (Fsp3) is 0.174. The van der Waals surface area contributed by atoms with E-state index in [0.717, 1.165) is 11.1 Å². The van der Waals surface area contributed by atoms with Crippen LogP contribution >= 0.6 is 11.6 Å². The maximum atomic E-state index is 12.7. The first kappa shape index (κ1) is 20.6. The highest BCUT2D eigenvalue weighted by atomic mass is 35.5. The molecule has 0 fully saturated rings. The molecule has 0 radical (unpaired) electrons. The molecule has 0 aliphatic carbocycles. The molecule has 1 N–H and O–H groups in total. The Morgan fingerprint density at radius 3 is 2.45 bits per heavy atom. The number of benzene rings is 3. The van der Waals surface area contributed by atoms with Gasteiger partial charge >= 0.3 is 0 Å². The normalized spacial score (nSPS) is 10.3. The van der Waals surface area contributed by atoms with Crippen molar-refractivity contribution in [3.63, 3.8) is 0 Å². The molecule has 29 heavy (non-hydrogen) atoms. The summed E-state index contributed by atoms with van der Waals surface area (Å²) in [6.45, 7) is 2.17. The molecule has 150 valence electrons. The highest BCUT2D eigenvalue weighted by molar-refractivity contribution is 6.31. The van der Waals surface area contributed by atoms with Crippen molar-refractivity contribution in [3.8, 4) is 17.2 Å². The Balaban J connectivity index is 1.78. The van der Waals surface area contributed by atoms with E-state index in [1.54, 1.807) is 56.7 Å². The molecule has 3 aromatic rings. The minimum absolute atomic E-state index is 0.249. The van der Waals surface area contributed by atoms with Crippen LogP contribution in [0, 0.1) is 6.92 Å². The number of anilines is 1. The number of amides is 1. The Morgan fingerprint density at radius 2 is 1.72 bits per heavy atom. The predicted octanol–water partition coefficient (Wildman–Crippen LogP) is 5.50. The van der Waals surface area contributed by atoms with Crippen LogP contribution in [0.1, 0.15) is 21.5 Å². The van der Waals surface area contributed by atoms with Crippen LogP contribution < -0.4 is 19.5 Å². The van der Waals surface area contributed by atoms with Crippen LogP contribution in [-0.4, -0.2) is 20.1 Å². The average Bonchev–Trinajstić information content (AvgIpc) is 2.74. The molecule has 0 unspecified atom stereocenters. The van der Waals surface area contributed by atoms with Crippen molar-refractivity contribution >= 4 is 23.2 Å². The fourth-order valence-corrected chi connectivity index (χ4v) is 2.96. The molecular formula is C23H22ClNO4. The van der Waals surface area contributed by atoms with Gasteiger partial charge in [0, 0.05) is 16.1 Å². The van der Waals surface area contributed by atoms with E-state index >= 15 is 0 Å². The SMILES string of the molecule is COc1ccc(C(=O)Nc2ccccc2OC)cc1COc1ccc(Cl)c(C)c1. The van der Waals surface area contributed by atoms with Gasteiger partial charge in [0.1, 0.15) is 23.9 Å². The Bertz CT molecular complexity index is 1020. The van der Waals surface area contributed by atoms with Crippen molar-refractivity contribution in [2.75, 3.05) is 19.5 Å². The van der Waals surface area contributed by atoms with Crippen LogP contribution in [0.15, 0.2) is 60.7 Å². The first-order valence-corrected chi connectivity index (χ1v) is 9.40. The third-order valence-electron chi connectivity index (χ3n) is 4.42. The Hall–Kier alpha value is -3.18. The first-order chi connectivity index (χ1) is 14.0. The number of rotatable bonds is 7. The zero-order valence-corrected chi connectivity index (χ0v) is 17.2. The second kappa shape index (κ2) is 9.34. The molecular weight excluding hydrogens is 390 g/mol. The highest BCUT2D eigenvalue weighted by Crippen LogP contribution is 2.27. The molecule has 0 saturated carbocycles. The molecule has 0 spiro atoms. The number of carbonyl (C=O) groups excluding carboxylic acids is 1. The monoisotopic (exact) mass is 411 g/mol. The Kier molecular flexibility index (Phi) is 6.62. The molecule has 1 amide bonds. The van der Waals surface area contributed by atoms with Gasteiger partial charge in [-0.3, -0.25) is 4.79 Å². The molecule has 0 saturated heterocycles. The Labute approximate surface area is 175 Å². The van der Waals surface area contributed by atoms with Crippen LogP contribution in [0.2, 0.25) is 5.02 Å². The summed E-state index contributed by atoms with van der Waals surface area (Å²) in [5.41, 5.74) is 2.78. The quantitative estimate of drug-likeness (QED) is 0.558. The van der Waals surface area contributed by atoms with Crippen molar-refractivity contribution in [2.24, 2.45) is 0 Å². The number of ether oxygens (including phenoxy) is 3. The molecule has 0 aliphatic rings. The van der Waals surface area contributed by atoms with Gasteiger partial charge in [-0.25, -0.2) is 0 Å². The number of hydrogen-bond acceptors (Lipinski definition) is 4. The van der Waals surface area contributed by atoms with Crippen LogP contribution in [0.4, 0.5) is 5.69 Å². The molecule has 0 aromatic heterocycles. The predicted molar refractivity (Wildman–Crippen MR) is 114 cm³/mol. The maximum Gasteiger partial charge on any atom is 0.255 e. The number of nitrogens with one attached hydrogen (secondary N) is 1. The summed E-state index contributed by atoms with van der Waals surface area (Å²) in [6.07, 6.45) is 0. The highest BCUT2D eigenvalue weighted by Gasteiger charge is 2.13. The summed E-state index contributed by atoms with van der Waals surface area (Å²) in [4.78, 5) is 12.7. The van der Waals surface area contributed by atoms with Crippen LogP contribution in [-0.2, 0) is 6.61 Å². The summed E-state index contributed by atoms with van der Waals surface area (Å²) in [6, 6.07) is 17.9. The van der Waals surface area contributed by atoms with Crippen LogP contribution in [0.25, 0.3) is 0 Å². The number of methoxy groups -OCH3 is 2. The lowest BCUT2D eigenvalue weighted by molar-refractivity contribution is 0.102. The summed E-state index contributed by atoms with van der Waals surface area (Å²) in [7, 11) is 3.14. The van der Waals surface area contributed by atoms with Gasteiger partial charge in [-0.15, -0.1) is 0 Å². The van der Waals surface area contributed by atoms with Crippen LogP contribution in [0.3, 0.4) is 0 Å². The van der Waals surface area contributed by atoms with Gasteiger partial charge in [0.15, 0.2) is 0 Å². The zero-order valence-electron chi connectivity index (χ0n) is 16.5. The Morgan fingerprint density at radius 1 is 0.966 bits per heavy atom. The lowest BCUT2D eigenvalue weighted by atomic mass is 10.1. The molecule has 0 aliphatic heterocycles. The molecule has 0 bridgehead atoms. The minimum atomic E-state index is -0.249. The summed E-state index contributed by atoms with van der Waals surface area (Å²) >= 11 is 6.06. The van der Waals surface area contributed by atoms with Crippen molar-refractivity contribution in [1.82, 2.24) is 0 Å². The molecule has 0 atom stereocenters. The van der Waals surface area contributed by atoms with Gasteiger partial charge < -0.3 is 19.5 Å².